The summed E-state index contributed by atoms with van der Waals surface area (Å²) in [7, 11) is -2.42. The number of piperidine rings is 1. The Labute approximate surface area is 266 Å². The summed E-state index contributed by atoms with van der Waals surface area (Å²) >= 11 is 1.62. The van der Waals surface area contributed by atoms with Gasteiger partial charge in [0, 0.05) is 48.2 Å². The fraction of sp³-hybridized carbons (Fsp3) is 0.588. The number of carbonyl (C=O) groups excluding carboxylic acids is 2. The van der Waals surface area contributed by atoms with E-state index in [0.717, 1.165) is 102 Å². The zero-order valence-electron chi connectivity index (χ0n) is 26.4. The minimum absolute atomic E-state index is 0.0212. The number of rotatable bonds is 8. The average molecular weight is 639 g/mol. The van der Waals surface area contributed by atoms with E-state index < -0.39 is 16.0 Å². The molecule has 0 aliphatic carbocycles. The molecule has 1 aromatic carbocycles. The van der Waals surface area contributed by atoms with Gasteiger partial charge in [0.05, 0.1) is 35.0 Å². The van der Waals surface area contributed by atoms with Crippen molar-refractivity contribution in [3.8, 4) is 11.3 Å². The molecule has 2 unspecified atom stereocenters. The van der Waals surface area contributed by atoms with E-state index in [-0.39, 0.29) is 17.9 Å². The highest BCUT2D eigenvalue weighted by Gasteiger charge is 2.49. The third-order valence-corrected chi connectivity index (χ3v) is 13.9. The maximum atomic E-state index is 14.3. The number of aryl methyl sites for hydroxylation is 2. The second-order valence-corrected chi connectivity index (χ2v) is 17.7. The fourth-order valence-electron chi connectivity index (χ4n) is 8.25. The molecule has 238 valence electrons. The highest BCUT2D eigenvalue weighted by atomic mass is 32.3. The molecule has 7 rings (SSSR count). The number of aromatic amines is 1. The first kappa shape index (κ1) is 30.6. The van der Waals surface area contributed by atoms with Gasteiger partial charge in [0.15, 0.2) is 11.6 Å². The molecule has 4 saturated heterocycles. The summed E-state index contributed by atoms with van der Waals surface area (Å²) in [5, 5.41) is 0.925. The van der Waals surface area contributed by atoms with Crippen molar-refractivity contribution >= 4 is 43.7 Å². The number of Topliss-reactive ketones (excluding diaryl/α,β-unsaturated/α-hetero) is 2. The Balaban J connectivity index is 1.17. The molecule has 4 aliphatic rings. The summed E-state index contributed by atoms with van der Waals surface area (Å²) in [4.78, 5) is 40.8. The van der Waals surface area contributed by atoms with Crippen molar-refractivity contribution < 1.29 is 18.7 Å². The van der Waals surface area contributed by atoms with Crippen LogP contribution in [-0.4, -0.2) is 110 Å². The predicted octanol–water partition coefficient (Wildman–Crippen LogP) is 5.78. The van der Waals surface area contributed by atoms with Gasteiger partial charge in [-0.05, 0) is 89.7 Å². The molecule has 6 heterocycles. The number of hydrogen-bond donors (Lipinski definition) is 3. The number of benzene rings is 1. The molecule has 8 nitrogen and oxygen atoms in total. The molecule has 0 amide bonds. The minimum atomic E-state index is -2.42. The highest BCUT2D eigenvalue weighted by Crippen LogP contribution is 2.47. The molecule has 4 fully saturated rings. The molecule has 2 atom stereocenters. The van der Waals surface area contributed by atoms with E-state index in [0.29, 0.717) is 29.8 Å². The van der Waals surface area contributed by atoms with Crippen molar-refractivity contribution in [1.82, 2.24) is 19.7 Å². The number of fused-ring (bicyclic) bond motifs is 3. The second-order valence-electron chi connectivity index (χ2n) is 14.3. The molecule has 0 radical (unpaired) electrons. The van der Waals surface area contributed by atoms with Gasteiger partial charge in [0.2, 0.25) is 0 Å². The topological polar surface area (TPSA) is 100 Å². The van der Waals surface area contributed by atoms with Crippen molar-refractivity contribution in [3.63, 3.8) is 0 Å². The number of hydrogen-bond acceptors (Lipinski definition) is 8. The van der Waals surface area contributed by atoms with Gasteiger partial charge in [-0.25, -0.2) is 0 Å². The monoisotopic (exact) mass is 638 g/mol. The van der Waals surface area contributed by atoms with E-state index in [2.05, 4.69) is 71.6 Å². The maximum Gasteiger partial charge on any atom is 0.179 e. The van der Waals surface area contributed by atoms with Gasteiger partial charge >= 0.3 is 0 Å². The molecular weight excluding hydrogens is 593 g/mol. The summed E-state index contributed by atoms with van der Waals surface area (Å²) in [6.45, 7) is 13.9. The van der Waals surface area contributed by atoms with Crippen LogP contribution in [0.4, 0.5) is 0 Å². The Morgan fingerprint density at radius 1 is 0.955 bits per heavy atom. The largest absolute Gasteiger partial charge is 0.346 e. The van der Waals surface area contributed by atoms with Gasteiger partial charge < -0.3 is 4.98 Å². The van der Waals surface area contributed by atoms with Crippen molar-refractivity contribution in [2.24, 2.45) is 5.92 Å². The van der Waals surface area contributed by atoms with Crippen LogP contribution in [0.5, 0.6) is 0 Å². The molecule has 44 heavy (non-hydrogen) atoms. The normalized spacial score (nSPS) is 28.2. The van der Waals surface area contributed by atoms with Gasteiger partial charge in [-0.15, -0.1) is 11.3 Å². The predicted molar refractivity (Wildman–Crippen MR) is 181 cm³/mol. The smallest absolute Gasteiger partial charge is 0.179 e. The van der Waals surface area contributed by atoms with Crippen LogP contribution in [0.25, 0.3) is 21.5 Å². The zero-order chi connectivity index (χ0) is 31.0. The van der Waals surface area contributed by atoms with Gasteiger partial charge in [0.25, 0.3) is 0 Å². The standard InChI is InChI=1S/C34H46N4O4S2/c1-21-15-22(2)17-24(16-21)30-29(27(39)19-36-10-12-37(13-11-36)25-7-14-44(41,42)20-25)26-18-28(43-33(26)35-30)34(3,4)32(40)31-23-5-8-38(31)9-6-23/h15-18,23,25,31,35,41-42H,5-14,19-20H2,1-4H3. The van der Waals surface area contributed by atoms with Gasteiger partial charge in [-0.2, -0.15) is 10.6 Å². The van der Waals surface area contributed by atoms with Crippen molar-refractivity contribution in [1.29, 1.82) is 0 Å². The Kier molecular flexibility index (Phi) is 7.88. The molecule has 0 saturated carbocycles. The van der Waals surface area contributed by atoms with E-state index in [1.165, 1.54) is 0 Å². The Morgan fingerprint density at radius 2 is 1.64 bits per heavy atom. The first-order valence-electron chi connectivity index (χ1n) is 16.2. The number of aromatic nitrogens is 1. The number of ketones is 2. The molecular formula is C34H46N4O4S2. The van der Waals surface area contributed by atoms with Crippen LogP contribution in [-0.2, 0) is 10.2 Å². The molecule has 4 aliphatic heterocycles. The van der Waals surface area contributed by atoms with Crippen LogP contribution < -0.4 is 0 Å². The summed E-state index contributed by atoms with van der Waals surface area (Å²) in [5.74, 6) is 1.87. The van der Waals surface area contributed by atoms with Crippen LogP contribution in [0, 0.1) is 19.8 Å². The number of nitrogens with zero attached hydrogens (tertiary/aromatic N) is 3. The summed E-state index contributed by atoms with van der Waals surface area (Å²) in [6, 6.07) is 8.80. The van der Waals surface area contributed by atoms with Crippen LogP contribution in [0.2, 0.25) is 0 Å². The quantitative estimate of drug-likeness (QED) is 0.269. The number of carbonyl (C=O) groups is 2. The summed E-state index contributed by atoms with van der Waals surface area (Å²) in [5.41, 5.74) is 4.31. The van der Waals surface area contributed by atoms with Crippen molar-refractivity contribution in [2.75, 3.05) is 57.3 Å². The zero-order valence-corrected chi connectivity index (χ0v) is 28.0. The lowest BCUT2D eigenvalue weighted by atomic mass is 9.79. The van der Waals surface area contributed by atoms with Gasteiger partial charge in [-0.1, -0.05) is 17.2 Å². The fourth-order valence-corrected chi connectivity index (χ4v) is 11.2. The number of thiophene rings is 1. The van der Waals surface area contributed by atoms with E-state index in [4.69, 9.17) is 0 Å². The average Bonchev–Trinajstić information content (AvgIpc) is 3.78. The lowest BCUT2D eigenvalue weighted by Gasteiger charge is -2.38. The molecule has 10 heteroatoms. The van der Waals surface area contributed by atoms with E-state index in [1.54, 1.807) is 11.3 Å². The minimum Gasteiger partial charge on any atom is -0.346 e. The van der Waals surface area contributed by atoms with E-state index in [9.17, 15) is 18.7 Å². The van der Waals surface area contributed by atoms with Gasteiger partial charge in [-0.3, -0.25) is 33.4 Å². The number of piperazine rings is 1. The SMILES string of the molecule is Cc1cc(C)cc(-c2[nH]c3sc(C(C)(C)C(=O)C4C5CCN4CC5)cc3c2C(=O)CN2CCN(C3CCS(O)(O)C3)CC2)c1. The number of nitrogens with one attached hydrogen (secondary N) is 1. The second kappa shape index (κ2) is 11.3. The molecule has 2 bridgehead atoms. The molecule has 2 aromatic heterocycles. The lowest BCUT2D eigenvalue weighted by Crippen LogP contribution is -2.51. The lowest BCUT2D eigenvalue weighted by molar-refractivity contribution is -0.127. The maximum absolute atomic E-state index is 14.3. The van der Waals surface area contributed by atoms with E-state index >= 15 is 0 Å². The van der Waals surface area contributed by atoms with Crippen molar-refractivity contribution in [3.05, 3.63) is 45.8 Å². The van der Waals surface area contributed by atoms with Crippen LogP contribution in [0.3, 0.4) is 0 Å². The molecule has 0 spiro atoms. The third kappa shape index (κ3) is 5.50. The Morgan fingerprint density at radius 3 is 2.23 bits per heavy atom. The van der Waals surface area contributed by atoms with E-state index in [1.807, 2.05) is 0 Å². The summed E-state index contributed by atoms with van der Waals surface area (Å²) < 4.78 is 20.2. The molecule has 3 aromatic rings. The highest BCUT2D eigenvalue weighted by molar-refractivity contribution is 8.24. The Hall–Kier alpha value is -2.05. The van der Waals surface area contributed by atoms with Crippen LogP contribution in [0.1, 0.15) is 59.5 Å². The Bertz CT molecular complexity index is 1560. The summed E-state index contributed by atoms with van der Waals surface area (Å²) in [6.07, 6.45) is 3.07. The third-order valence-electron chi connectivity index (χ3n) is 10.7. The number of H-pyrrole nitrogens is 1. The van der Waals surface area contributed by atoms with Crippen molar-refractivity contribution in [2.45, 2.75) is 64.5 Å². The van der Waals surface area contributed by atoms with Crippen LogP contribution >= 0.6 is 21.9 Å². The first-order valence-corrected chi connectivity index (χ1v) is 18.9. The van der Waals surface area contributed by atoms with Gasteiger partial charge in [0.1, 0.15) is 4.83 Å². The van der Waals surface area contributed by atoms with Crippen LogP contribution in [0.15, 0.2) is 24.3 Å². The first-order chi connectivity index (χ1) is 20.9. The molecule has 3 N–H and O–H groups in total.